The molecule has 0 saturated heterocycles. The summed E-state index contributed by atoms with van der Waals surface area (Å²) in [7, 11) is 1.59. The first-order valence-corrected chi connectivity index (χ1v) is 3.24. The maximum absolute atomic E-state index is 4.98. The molecule has 2 aromatic rings. The van der Waals surface area contributed by atoms with Crippen molar-refractivity contribution in [3.63, 3.8) is 0 Å². The third-order valence-corrected chi connectivity index (χ3v) is 1.49. The van der Waals surface area contributed by atoms with E-state index in [1.807, 2.05) is 12.1 Å². The number of imidazole rings is 1. The molecule has 0 aliphatic rings. The number of rotatable bonds is 1. The Morgan fingerprint density at radius 3 is 3.18 bits per heavy atom. The fourth-order valence-corrected chi connectivity index (χ4v) is 0.975. The molecule has 2 heterocycles. The van der Waals surface area contributed by atoms with Crippen molar-refractivity contribution in [2.24, 2.45) is 0 Å². The summed E-state index contributed by atoms with van der Waals surface area (Å²) in [6, 6.07) is 3.75. The number of aromatic nitrogens is 3. The molecular weight excluding hydrogens is 142 g/mol. The van der Waals surface area contributed by atoms with Crippen molar-refractivity contribution in [2.75, 3.05) is 7.11 Å². The van der Waals surface area contributed by atoms with Crippen LogP contribution in [0.4, 0.5) is 0 Å². The molecule has 0 spiro atoms. The third kappa shape index (κ3) is 0.832. The van der Waals surface area contributed by atoms with E-state index in [2.05, 4.69) is 9.97 Å². The monoisotopic (exact) mass is 149 g/mol. The van der Waals surface area contributed by atoms with Gasteiger partial charge >= 0.3 is 0 Å². The lowest BCUT2D eigenvalue weighted by atomic mass is 10.4. The molecule has 0 radical (unpaired) electrons. The molecule has 0 bridgehead atoms. The summed E-state index contributed by atoms with van der Waals surface area (Å²) < 4.78 is 1.57. The molecule has 2 rings (SSSR count). The molecule has 0 saturated carbocycles. The summed E-state index contributed by atoms with van der Waals surface area (Å²) in [5.74, 6) is 0. The van der Waals surface area contributed by atoms with E-state index in [-0.39, 0.29) is 0 Å². The second-order valence-electron chi connectivity index (χ2n) is 2.10. The molecule has 0 amide bonds. The van der Waals surface area contributed by atoms with Gasteiger partial charge in [-0.25, -0.2) is 9.97 Å². The van der Waals surface area contributed by atoms with Crippen molar-refractivity contribution < 1.29 is 4.84 Å². The second-order valence-corrected chi connectivity index (χ2v) is 2.10. The van der Waals surface area contributed by atoms with E-state index in [1.54, 1.807) is 24.4 Å². The Morgan fingerprint density at radius 1 is 1.45 bits per heavy atom. The topological polar surface area (TPSA) is 39.9 Å². The van der Waals surface area contributed by atoms with Gasteiger partial charge in [-0.3, -0.25) is 0 Å². The first-order chi connectivity index (χ1) is 5.42. The molecule has 4 heteroatoms. The van der Waals surface area contributed by atoms with E-state index < -0.39 is 0 Å². The average molecular weight is 149 g/mol. The Hall–Kier alpha value is -1.58. The van der Waals surface area contributed by atoms with Gasteiger partial charge in [-0.15, -0.1) is 0 Å². The minimum atomic E-state index is 0.703. The second kappa shape index (κ2) is 2.23. The van der Waals surface area contributed by atoms with Gasteiger partial charge in [0, 0.05) is 6.20 Å². The van der Waals surface area contributed by atoms with E-state index in [1.165, 1.54) is 0 Å². The lowest BCUT2D eigenvalue weighted by molar-refractivity contribution is 0.177. The fraction of sp³-hybridized carbons (Fsp3) is 0.143. The predicted octanol–water partition coefficient (Wildman–Crippen LogP) is 0.490. The maximum Gasteiger partial charge on any atom is 0.181 e. The summed E-state index contributed by atoms with van der Waals surface area (Å²) in [4.78, 5) is 13.0. The Balaban J connectivity index is 2.76. The van der Waals surface area contributed by atoms with Gasteiger partial charge in [0.1, 0.15) is 19.0 Å². The molecule has 2 aromatic heterocycles. The normalized spacial score (nSPS) is 10.3. The number of fused-ring (bicyclic) bond motifs is 1. The zero-order valence-electron chi connectivity index (χ0n) is 6.06. The van der Waals surface area contributed by atoms with E-state index in [0.29, 0.717) is 5.65 Å². The molecule has 0 aliphatic carbocycles. The molecule has 0 unspecified atom stereocenters. The third-order valence-electron chi connectivity index (χ3n) is 1.49. The Labute approximate surface area is 63.4 Å². The Bertz CT molecular complexity index is 368. The van der Waals surface area contributed by atoms with Crippen LogP contribution in [0.3, 0.4) is 0 Å². The van der Waals surface area contributed by atoms with E-state index in [9.17, 15) is 0 Å². The highest BCUT2D eigenvalue weighted by Gasteiger charge is 1.99. The zero-order chi connectivity index (χ0) is 7.68. The van der Waals surface area contributed by atoms with Crippen LogP contribution in [0.2, 0.25) is 0 Å². The largest absolute Gasteiger partial charge is 0.416 e. The van der Waals surface area contributed by atoms with Crippen LogP contribution in [0.15, 0.2) is 24.7 Å². The van der Waals surface area contributed by atoms with Crippen molar-refractivity contribution in [1.29, 1.82) is 0 Å². The lowest BCUT2D eigenvalue weighted by Gasteiger charge is -1.97. The molecule has 0 fully saturated rings. The van der Waals surface area contributed by atoms with Crippen LogP contribution in [0, 0.1) is 0 Å². The van der Waals surface area contributed by atoms with Gasteiger partial charge in [-0.05, 0) is 12.1 Å². The standard InChI is InChI=1S/C7H7N3O/c1-11-10-5-9-7-6(10)3-2-4-8-7/h2-5H,1H3. The van der Waals surface area contributed by atoms with Crippen molar-refractivity contribution in [3.05, 3.63) is 24.7 Å². The summed E-state index contributed by atoms with van der Waals surface area (Å²) in [5.41, 5.74) is 1.59. The highest BCUT2D eigenvalue weighted by Crippen LogP contribution is 2.05. The molecular formula is C7H7N3O. The first kappa shape index (κ1) is 6.15. The Morgan fingerprint density at radius 2 is 2.36 bits per heavy atom. The van der Waals surface area contributed by atoms with Gasteiger partial charge in [0.2, 0.25) is 0 Å². The summed E-state index contributed by atoms with van der Waals surface area (Å²) >= 11 is 0. The number of nitrogens with zero attached hydrogens (tertiary/aromatic N) is 3. The molecule has 0 aliphatic heterocycles. The van der Waals surface area contributed by atoms with E-state index in [0.717, 1.165) is 5.52 Å². The van der Waals surface area contributed by atoms with Crippen LogP contribution >= 0.6 is 0 Å². The predicted molar refractivity (Wildman–Crippen MR) is 40.0 cm³/mol. The van der Waals surface area contributed by atoms with Crippen LogP contribution in [0.25, 0.3) is 11.2 Å². The van der Waals surface area contributed by atoms with E-state index >= 15 is 0 Å². The van der Waals surface area contributed by atoms with Gasteiger partial charge in [0.15, 0.2) is 5.65 Å². The molecule has 4 nitrogen and oxygen atoms in total. The smallest absolute Gasteiger partial charge is 0.181 e. The first-order valence-electron chi connectivity index (χ1n) is 3.24. The minimum Gasteiger partial charge on any atom is -0.416 e. The van der Waals surface area contributed by atoms with Crippen LogP contribution in [-0.4, -0.2) is 21.8 Å². The van der Waals surface area contributed by atoms with Crippen LogP contribution < -0.4 is 4.84 Å². The summed E-state index contributed by atoms with van der Waals surface area (Å²) in [5, 5.41) is 0. The van der Waals surface area contributed by atoms with Crippen LogP contribution in [-0.2, 0) is 0 Å². The summed E-state index contributed by atoms with van der Waals surface area (Å²) in [6.45, 7) is 0. The molecule has 0 aromatic carbocycles. The number of pyridine rings is 1. The zero-order valence-corrected chi connectivity index (χ0v) is 6.06. The van der Waals surface area contributed by atoms with Gasteiger partial charge < -0.3 is 4.84 Å². The maximum atomic E-state index is 4.98. The van der Waals surface area contributed by atoms with E-state index in [4.69, 9.17) is 4.84 Å². The Kier molecular flexibility index (Phi) is 1.25. The van der Waals surface area contributed by atoms with Gasteiger partial charge in [-0.2, -0.15) is 4.73 Å². The molecule has 0 N–H and O–H groups in total. The van der Waals surface area contributed by atoms with Crippen LogP contribution in [0.1, 0.15) is 0 Å². The van der Waals surface area contributed by atoms with Crippen LogP contribution in [0.5, 0.6) is 0 Å². The summed E-state index contributed by atoms with van der Waals surface area (Å²) in [6.07, 6.45) is 3.30. The fourth-order valence-electron chi connectivity index (χ4n) is 0.975. The van der Waals surface area contributed by atoms with Crippen molar-refractivity contribution in [3.8, 4) is 0 Å². The lowest BCUT2D eigenvalue weighted by Crippen LogP contribution is -2.02. The van der Waals surface area contributed by atoms with Crippen molar-refractivity contribution in [2.45, 2.75) is 0 Å². The van der Waals surface area contributed by atoms with Gasteiger partial charge in [0.25, 0.3) is 0 Å². The number of hydrogen-bond donors (Lipinski definition) is 0. The highest BCUT2D eigenvalue weighted by atomic mass is 16.6. The number of hydrogen-bond acceptors (Lipinski definition) is 3. The van der Waals surface area contributed by atoms with Crippen molar-refractivity contribution >= 4 is 11.2 Å². The van der Waals surface area contributed by atoms with Crippen molar-refractivity contribution in [1.82, 2.24) is 14.7 Å². The molecule has 56 valence electrons. The minimum absolute atomic E-state index is 0.703. The van der Waals surface area contributed by atoms with Gasteiger partial charge in [-0.1, -0.05) is 0 Å². The highest BCUT2D eigenvalue weighted by molar-refractivity contribution is 5.69. The van der Waals surface area contributed by atoms with Gasteiger partial charge in [0.05, 0.1) is 0 Å². The molecule has 11 heavy (non-hydrogen) atoms. The average Bonchev–Trinajstić information content (AvgIpc) is 2.47. The quantitative estimate of drug-likeness (QED) is 0.592. The SMILES string of the molecule is COn1cnc2ncccc21. The molecule has 0 atom stereocenters.